The van der Waals surface area contributed by atoms with Crippen LogP contribution in [-0.4, -0.2) is 23.1 Å². The molecule has 0 aliphatic heterocycles. The molecule has 0 aromatic heterocycles. The lowest BCUT2D eigenvalue weighted by molar-refractivity contribution is -0.153. The number of esters is 1. The van der Waals surface area contributed by atoms with Crippen molar-refractivity contribution in [1.29, 1.82) is 0 Å². The van der Waals surface area contributed by atoms with Crippen molar-refractivity contribution in [2.75, 3.05) is 0 Å². The molecular weight excluding hydrogens is 220 g/mol. The first-order valence-corrected chi connectivity index (χ1v) is 6.23. The number of unbranched alkanes of at least 4 members (excludes halogenated alkanes) is 2. The molecule has 4 heteroatoms. The molecule has 1 atom stereocenters. The van der Waals surface area contributed by atoms with Gasteiger partial charge in [0.2, 0.25) is 0 Å². The number of aliphatic carboxylic acids is 1. The molecule has 1 aliphatic rings. The second-order valence-electron chi connectivity index (χ2n) is 4.36. The number of hydrogen-bond donors (Lipinski definition) is 1. The van der Waals surface area contributed by atoms with Crippen LogP contribution in [0.4, 0.5) is 0 Å². The quantitative estimate of drug-likeness (QED) is 0.321. The minimum Gasteiger partial charge on any atom is -0.481 e. The van der Waals surface area contributed by atoms with Crippen molar-refractivity contribution in [3.8, 4) is 0 Å². The minimum atomic E-state index is -1.13. The predicted molar refractivity (Wildman–Crippen MR) is 63.6 cm³/mol. The van der Waals surface area contributed by atoms with E-state index in [0.717, 1.165) is 37.7 Å². The molecule has 0 aromatic rings. The molecule has 1 unspecified atom stereocenters. The van der Waals surface area contributed by atoms with E-state index < -0.39 is 18.4 Å². The van der Waals surface area contributed by atoms with Crippen LogP contribution in [0.5, 0.6) is 0 Å². The number of carbonyl (C=O) groups is 2. The van der Waals surface area contributed by atoms with Gasteiger partial charge in [-0.05, 0) is 31.3 Å². The lowest BCUT2D eigenvalue weighted by atomic mass is 10.1. The second kappa shape index (κ2) is 7.09. The third kappa shape index (κ3) is 5.02. The molecule has 0 aromatic carbocycles. The summed E-state index contributed by atoms with van der Waals surface area (Å²) in [6.45, 7) is 2.15. The summed E-state index contributed by atoms with van der Waals surface area (Å²) in [7, 11) is 0. The SMILES string of the molecule is CCCCCC1=CCCC1OC(=O)CC(=O)O. The van der Waals surface area contributed by atoms with Gasteiger partial charge >= 0.3 is 11.9 Å². The van der Waals surface area contributed by atoms with E-state index in [1.165, 1.54) is 6.42 Å². The highest BCUT2D eigenvalue weighted by Crippen LogP contribution is 2.26. The van der Waals surface area contributed by atoms with Crippen molar-refractivity contribution in [3.05, 3.63) is 11.6 Å². The summed E-state index contributed by atoms with van der Waals surface area (Å²) >= 11 is 0. The van der Waals surface area contributed by atoms with E-state index in [2.05, 4.69) is 13.0 Å². The largest absolute Gasteiger partial charge is 0.481 e. The first-order chi connectivity index (χ1) is 8.13. The van der Waals surface area contributed by atoms with Crippen LogP contribution in [-0.2, 0) is 14.3 Å². The van der Waals surface area contributed by atoms with Crippen LogP contribution in [0, 0.1) is 0 Å². The van der Waals surface area contributed by atoms with Gasteiger partial charge in [-0.25, -0.2) is 0 Å². The molecule has 0 bridgehead atoms. The van der Waals surface area contributed by atoms with E-state index in [1.807, 2.05) is 0 Å². The van der Waals surface area contributed by atoms with Crippen LogP contribution in [0.1, 0.15) is 51.9 Å². The van der Waals surface area contributed by atoms with Crippen LogP contribution in [0.15, 0.2) is 11.6 Å². The monoisotopic (exact) mass is 240 g/mol. The Labute approximate surface area is 102 Å². The minimum absolute atomic E-state index is 0.182. The Kier molecular flexibility index (Phi) is 5.73. The summed E-state index contributed by atoms with van der Waals surface area (Å²) < 4.78 is 5.18. The van der Waals surface area contributed by atoms with Gasteiger partial charge in [-0.2, -0.15) is 0 Å². The van der Waals surface area contributed by atoms with Gasteiger partial charge in [-0.3, -0.25) is 9.59 Å². The number of ether oxygens (including phenoxy) is 1. The Morgan fingerprint density at radius 3 is 2.88 bits per heavy atom. The Bertz CT molecular complexity index is 307. The molecular formula is C13H20O4. The first kappa shape index (κ1) is 13.7. The second-order valence-corrected chi connectivity index (χ2v) is 4.36. The zero-order valence-corrected chi connectivity index (χ0v) is 10.3. The Morgan fingerprint density at radius 1 is 1.47 bits per heavy atom. The van der Waals surface area contributed by atoms with Crippen LogP contribution in [0.25, 0.3) is 0 Å². The maximum absolute atomic E-state index is 11.3. The molecule has 0 amide bonds. The maximum Gasteiger partial charge on any atom is 0.317 e. The summed E-state index contributed by atoms with van der Waals surface area (Å²) in [4.78, 5) is 21.6. The standard InChI is InChI=1S/C13H20O4/c1-2-3-4-6-10-7-5-8-11(10)17-13(16)9-12(14)15/h7,11H,2-6,8-9H2,1H3,(H,14,15). The van der Waals surface area contributed by atoms with E-state index in [0.29, 0.717) is 0 Å². The molecule has 1 aliphatic carbocycles. The smallest absolute Gasteiger partial charge is 0.317 e. The molecule has 4 nitrogen and oxygen atoms in total. The maximum atomic E-state index is 11.3. The normalized spacial score (nSPS) is 18.9. The topological polar surface area (TPSA) is 63.6 Å². The first-order valence-electron chi connectivity index (χ1n) is 6.23. The van der Waals surface area contributed by atoms with Gasteiger partial charge < -0.3 is 9.84 Å². The van der Waals surface area contributed by atoms with Crippen molar-refractivity contribution in [2.24, 2.45) is 0 Å². The van der Waals surface area contributed by atoms with Gasteiger partial charge in [0, 0.05) is 0 Å². The average molecular weight is 240 g/mol. The van der Waals surface area contributed by atoms with E-state index in [-0.39, 0.29) is 6.10 Å². The number of hydrogen-bond acceptors (Lipinski definition) is 3. The molecule has 0 saturated heterocycles. The highest BCUT2D eigenvalue weighted by molar-refractivity contribution is 5.90. The summed E-state index contributed by atoms with van der Waals surface area (Å²) in [6.07, 6.45) is 7.52. The van der Waals surface area contributed by atoms with Crippen LogP contribution < -0.4 is 0 Å². The fourth-order valence-corrected chi connectivity index (χ4v) is 2.04. The lowest BCUT2D eigenvalue weighted by Gasteiger charge is -2.15. The summed E-state index contributed by atoms with van der Waals surface area (Å²) in [5.74, 6) is -1.77. The predicted octanol–water partition coefficient (Wildman–Crippen LogP) is 2.67. The number of carbonyl (C=O) groups excluding carboxylic acids is 1. The van der Waals surface area contributed by atoms with Crippen LogP contribution in [0.3, 0.4) is 0 Å². The van der Waals surface area contributed by atoms with Gasteiger partial charge in [-0.15, -0.1) is 0 Å². The van der Waals surface area contributed by atoms with Gasteiger partial charge in [0.1, 0.15) is 12.5 Å². The van der Waals surface area contributed by atoms with Gasteiger partial charge in [0.15, 0.2) is 0 Å². The molecule has 0 heterocycles. The van der Waals surface area contributed by atoms with Crippen LogP contribution >= 0.6 is 0 Å². The zero-order chi connectivity index (χ0) is 12.7. The lowest BCUT2D eigenvalue weighted by Crippen LogP contribution is -2.20. The Morgan fingerprint density at radius 2 is 2.24 bits per heavy atom. The fourth-order valence-electron chi connectivity index (χ4n) is 2.04. The molecule has 0 spiro atoms. The highest BCUT2D eigenvalue weighted by atomic mass is 16.5. The summed E-state index contributed by atoms with van der Waals surface area (Å²) in [5, 5.41) is 8.48. The third-order valence-corrected chi connectivity index (χ3v) is 2.89. The van der Waals surface area contributed by atoms with Crippen molar-refractivity contribution < 1.29 is 19.4 Å². The number of carboxylic acid groups (broad SMARTS) is 1. The Balaban J connectivity index is 2.35. The fraction of sp³-hybridized carbons (Fsp3) is 0.692. The molecule has 0 fully saturated rings. The van der Waals surface area contributed by atoms with Crippen molar-refractivity contribution in [2.45, 2.75) is 58.0 Å². The van der Waals surface area contributed by atoms with Crippen molar-refractivity contribution >= 4 is 11.9 Å². The molecule has 1 N–H and O–H groups in total. The number of rotatable bonds is 7. The molecule has 1 rings (SSSR count). The third-order valence-electron chi connectivity index (χ3n) is 2.89. The molecule has 96 valence electrons. The Hall–Kier alpha value is -1.32. The summed E-state index contributed by atoms with van der Waals surface area (Å²) in [5.41, 5.74) is 1.16. The van der Waals surface area contributed by atoms with E-state index in [4.69, 9.17) is 9.84 Å². The molecule has 0 radical (unpaired) electrons. The van der Waals surface area contributed by atoms with E-state index in [1.54, 1.807) is 0 Å². The zero-order valence-electron chi connectivity index (χ0n) is 10.3. The van der Waals surface area contributed by atoms with Gasteiger partial charge in [-0.1, -0.05) is 25.8 Å². The molecule has 0 saturated carbocycles. The summed E-state index contributed by atoms with van der Waals surface area (Å²) in [6, 6.07) is 0. The average Bonchev–Trinajstić information content (AvgIpc) is 2.65. The van der Waals surface area contributed by atoms with Gasteiger partial charge in [0.25, 0.3) is 0 Å². The van der Waals surface area contributed by atoms with Crippen molar-refractivity contribution in [1.82, 2.24) is 0 Å². The molecule has 17 heavy (non-hydrogen) atoms. The highest BCUT2D eigenvalue weighted by Gasteiger charge is 2.23. The van der Waals surface area contributed by atoms with E-state index >= 15 is 0 Å². The van der Waals surface area contributed by atoms with Crippen LogP contribution in [0.2, 0.25) is 0 Å². The number of carboxylic acids is 1. The van der Waals surface area contributed by atoms with Crippen molar-refractivity contribution in [3.63, 3.8) is 0 Å². The van der Waals surface area contributed by atoms with Gasteiger partial charge in [0.05, 0.1) is 0 Å². The van der Waals surface area contributed by atoms with E-state index in [9.17, 15) is 9.59 Å². The number of allylic oxidation sites excluding steroid dienone is 1.